The summed E-state index contributed by atoms with van der Waals surface area (Å²) >= 11 is 0. The van der Waals surface area contributed by atoms with Crippen LogP contribution in [0.4, 0.5) is 5.69 Å². The Morgan fingerprint density at radius 1 is 1.17 bits per heavy atom. The maximum atomic E-state index is 12.1. The van der Waals surface area contributed by atoms with Gasteiger partial charge in [0.2, 0.25) is 5.91 Å². The maximum absolute atomic E-state index is 12.1. The van der Waals surface area contributed by atoms with Gasteiger partial charge in [-0.15, -0.1) is 0 Å². The number of ether oxygens (including phenoxy) is 1. The number of carbonyl (C=O) groups is 2. The van der Waals surface area contributed by atoms with Gasteiger partial charge < -0.3 is 15.4 Å². The van der Waals surface area contributed by atoms with E-state index in [1.54, 1.807) is 24.3 Å². The van der Waals surface area contributed by atoms with Gasteiger partial charge in [0.25, 0.3) is 5.91 Å². The lowest BCUT2D eigenvalue weighted by Crippen LogP contribution is -2.47. The number of hydrogen-bond acceptors (Lipinski definition) is 4. The monoisotopic (exact) mass is 319 g/mol. The zero-order valence-electron chi connectivity index (χ0n) is 14.0. The van der Waals surface area contributed by atoms with E-state index in [1.165, 1.54) is 6.92 Å². The van der Waals surface area contributed by atoms with Crippen LogP contribution in [0.15, 0.2) is 24.3 Å². The Labute approximate surface area is 137 Å². The fourth-order valence-corrected chi connectivity index (χ4v) is 2.80. The van der Waals surface area contributed by atoms with Gasteiger partial charge in [-0.1, -0.05) is 0 Å². The summed E-state index contributed by atoms with van der Waals surface area (Å²) in [5, 5.41) is 5.60. The van der Waals surface area contributed by atoms with Gasteiger partial charge in [-0.25, -0.2) is 0 Å². The Kier molecular flexibility index (Phi) is 6.12. The number of anilines is 1. The Morgan fingerprint density at radius 3 is 2.35 bits per heavy atom. The first-order valence-corrected chi connectivity index (χ1v) is 7.97. The van der Waals surface area contributed by atoms with Crippen molar-refractivity contribution >= 4 is 17.5 Å². The first-order valence-electron chi connectivity index (χ1n) is 7.97. The summed E-state index contributed by atoms with van der Waals surface area (Å²) in [6, 6.07) is 6.86. The molecule has 0 aromatic heterocycles. The van der Waals surface area contributed by atoms with Crippen LogP contribution in [0, 0.1) is 0 Å². The van der Waals surface area contributed by atoms with Gasteiger partial charge in [0, 0.05) is 44.4 Å². The lowest BCUT2D eigenvalue weighted by atomic mass is 10.2. The number of benzene rings is 1. The largest absolute Gasteiger partial charge is 0.373 e. The summed E-state index contributed by atoms with van der Waals surface area (Å²) in [7, 11) is 0. The van der Waals surface area contributed by atoms with E-state index in [2.05, 4.69) is 29.4 Å². The van der Waals surface area contributed by atoms with E-state index in [0.29, 0.717) is 17.8 Å². The van der Waals surface area contributed by atoms with Crippen molar-refractivity contribution in [3.8, 4) is 0 Å². The number of nitrogens with zero attached hydrogens (tertiary/aromatic N) is 1. The maximum Gasteiger partial charge on any atom is 0.251 e. The third-order valence-electron chi connectivity index (χ3n) is 3.68. The fraction of sp³-hybridized carbons (Fsp3) is 0.529. The molecule has 1 aliphatic rings. The SMILES string of the molecule is CC(=O)Nc1ccc(C(=O)NCCN2CC(C)OC(C)C2)cc1. The van der Waals surface area contributed by atoms with Crippen LogP contribution in [-0.2, 0) is 9.53 Å². The van der Waals surface area contributed by atoms with E-state index in [4.69, 9.17) is 4.74 Å². The number of amides is 2. The Morgan fingerprint density at radius 2 is 1.78 bits per heavy atom. The third-order valence-corrected chi connectivity index (χ3v) is 3.68. The number of rotatable bonds is 5. The molecule has 1 fully saturated rings. The van der Waals surface area contributed by atoms with Crippen LogP contribution in [0.3, 0.4) is 0 Å². The van der Waals surface area contributed by atoms with Crippen LogP contribution in [0.5, 0.6) is 0 Å². The van der Waals surface area contributed by atoms with Crippen molar-refractivity contribution in [1.29, 1.82) is 0 Å². The summed E-state index contributed by atoms with van der Waals surface area (Å²) in [6.07, 6.45) is 0.464. The molecule has 2 N–H and O–H groups in total. The van der Waals surface area contributed by atoms with Crippen molar-refractivity contribution in [2.45, 2.75) is 33.0 Å². The second-order valence-electron chi connectivity index (χ2n) is 6.03. The first kappa shape index (κ1) is 17.4. The smallest absolute Gasteiger partial charge is 0.251 e. The van der Waals surface area contributed by atoms with Crippen molar-refractivity contribution in [3.63, 3.8) is 0 Å². The minimum absolute atomic E-state index is 0.103. The molecule has 6 heteroatoms. The lowest BCUT2D eigenvalue weighted by Gasteiger charge is -2.35. The van der Waals surface area contributed by atoms with E-state index in [9.17, 15) is 9.59 Å². The van der Waals surface area contributed by atoms with Gasteiger partial charge in [0.05, 0.1) is 12.2 Å². The highest BCUT2D eigenvalue weighted by atomic mass is 16.5. The molecular formula is C17H25N3O3. The Balaban J connectivity index is 1.77. The highest BCUT2D eigenvalue weighted by Gasteiger charge is 2.21. The molecule has 2 unspecified atom stereocenters. The summed E-state index contributed by atoms with van der Waals surface area (Å²) in [6.45, 7) is 8.79. The molecule has 2 amide bonds. The number of carbonyl (C=O) groups excluding carboxylic acids is 2. The van der Waals surface area contributed by atoms with Crippen molar-refractivity contribution < 1.29 is 14.3 Å². The summed E-state index contributed by atoms with van der Waals surface area (Å²) in [5.74, 6) is -0.232. The molecule has 1 aromatic carbocycles. The van der Waals surface area contributed by atoms with E-state index in [0.717, 1.165) is 19.6 Å². The highest BCUT2D eigenvalue weighted by Crippen LogP contribution is 2.11. The van der Waals surface area contributed by atoms with E-state index in [1.807, 2.05) is 0 Å². The molecule has 1 saturated heterocycles. The first-order chi connectivity index (χ1) is 10.9. The topological polar surface area (TPSA) is 70.7 Å². The molecule has 2 rings (SSSR count). The van der Waals surface area contributed by atoms with Crippen molar-refractivity contribution in [2.24, 2.45) is 0 Å². The van der Waals surface area contributed by atoms with Crippen LogP contribution >= 0.6 is 0 Å². The molecular weight excluding hydrogens is 294 g/mol. The fourth-order valence-electron chi connectivity index (χ4n) is 2.80. The molecule has 2 atom stereocenters. The van der Waals surface area contributed by atoms with E-state index in [-0.39, 0.29) is 24.0 Å². The zero-order chi connectivity index (χ0) is 16.8. The van der Waals surface area contributed by atoms with Crippen LogP contribution in [0.2, 0.25) is 0 Å². The van der Waals surface area contributed by atoms with Gasteiger partial charge in [0.1, 0.15) is 0 Å². The minimum Gasteiger partial charge on any atom is -0.373 e. The van der Waals surface area contributed by atoms with Gasteiger partial charge in [-0.05, 0) is 38.1 Å². The molecule has 0 bridgehead atoms. The molecule has 23 heavy (non-hydrogen) atoms. The standard InChI is InChI=1S/C17H25N3O3/c1-12-10-20(11-13(2)23-12)9-8-18-17(22)15-4-6-16(7-5-15)19-14(3)21/h4-7,12-13H,8-11H2,1-3H3,(H,18,22)(H,19,21). The molecule has 6 nitrogen and oxygen atoms in total. The third kappa shape index (κ3) is 5.65. The summed E-state index contributed by atoms with van der Waals surface area (Å²) < 4.78 is 5.69. The second-order valence-corrected chi connectivity index (χ2v) is 6.03. The lowest BCUT2D eigenvalue weighted by molar-refractivity contribution is -0.114. The van der Waals surface area contributed by atoms with Gasteiger partial charge in [-0.3, -0.25) is 14.5 Å². The number of morpholine rings is 1. The Hall–Kier alpha value is -1.92. The predicted molar refractivity (Wildman–Crippen MR) is 89.5 cm³/mol. The number of hydrogen-bond donors (Lipinski definition) is 2. The second kappa shape index (κ2) is 8.08. The molecule has 1 aromatic rings. The molecule has 1 heterocycles. The quantitative estimate of drug-likeness (QED) is 0.862. The van der Waals surface area contributed by atoms with Crippen LogP contribution < -0.4 is 10.6 Å². The molecule has 0 saturated carbocycles. The zero-order valence-corrected chi connectivity index (χ0v) is 14.0. The van der Waals surface area contributed by atoms with E-state index >= 15 is 0 Å². The molecule has 1 aliphatic heterocycles. The molecule has 0 radical (unpaired) electrons. The minimum atomic E-state index is -0.129. The summed E-state index contributed by atoms with van der Waals surface area (Å²) in [5.41, 5.74) is 1.27. The van der Waals surface area contributed by atoms with Crippen molar-refractivity contribution in [1.82, 2.24) is 10.2 Å². The van der Waals surface area contributed by atoms with Gasteiger partial charge in [0.15, 0.2) is 0 Å². The van der Waals surface area contributed by atoms with E-state index < -0.39 is 0 Å². The average molecular weight is 319 g/mol. The molecule has 126 valence electrons. The van der Waals surface area contributed by atoms with Crippen molar-refractivity contribution in [2.75, 3.05) is 31.5 Å². The molecule has 0 aliphatic carbocycles. The predicted octanol–water partition coefficient (Wildman–Crippen LogP) is 1.48. The Bertz CT molecular complexity index is 535. The summed E-state index contributed by atoms with van der Waals surface area (Å²) in [4.78, 5) is 25.4. The highest BCUT2D eigenvalue weighted by molar-refractivity contribution is 5.95. The van der Waals surface area contributed by atoms with Crippen molar-refractivity contribution in [3.05, 3.63) is 29.8 Å². The van der Waals surface area contributed by atoms with Crippen LogP contribution in [0.1, 0.15) is 31.1 Å². The normalized spacial score (nSPS) is 21.7. The van der Waals surface area contributed by atoms with Crippen LogP contribution in [-0.4, -0.2) is 55.1 Å². The molecule has 0 spiro atoms. The average Bonchev–Trinajstić information content (AvgIpc) is 2.46. The van der Waals surface area contributed by atoms with Gasteiger partial charge in [-0.2, -0.15) is 0 Å². The van der Waals surface area contributed by atoms with Gasteiger partial charge >= 0.3 is 0 Å². The number of nitrogens with one attached hydrogen (secondary N) is 2. The van der Waals surface area contributed by atoms with Crippen LogP contribution in [0.25, 0.3) is 0 Å².